The normalized spacial score (nSPS) is 20.7. The van der Waals surface area contributed by atoms with Gasteiger partial charge in [-0.2, -0.15) is 19.5 Å². The summed E-state index contributed by atoms with van der Waals surface area (Å²) in [6.07, 6.45) is 3.22. The molecule has 42 heavy (non-hydrogen) atoms. The standard InChI is InChI=1S/C32H31N5O4S/c1-22-19-35(20-23(2)41-22)42(39,40)29-16-10-11-25(17-29)31-26(21-36(34-31)27-12-6-4-7-13-27)18-30-24(3)33-37(32(30)38)28-14-8-5-9-15-28/h4-18,21-23H,19-20H2,1-3H3. The second-order valence-corrected chi connectivity index (χ2v) is 12.5. The minimum absolute atomic E-state index is 0.180. The van der Waals surface area contributed by atoms with Crippen LogP contribution in [0.4, 0.5) is 5.69 Å². The average Bonchev–Trinajstić information content (AvgIpc) is 3.54. The Bertz CT molecular complexity index is 1790. The summed E-state index contributed by atoms with van der Waals surface area (Å²) in [4.78, 5) is 13.7. The van der Waals surface area contributed by atoms with Crippen molar-refractivity contribution in [3.63, 3.8) is 0 Å². The van der Waals surface area contributed by atoms with Crippen molar-refractivity contribution in [1.29, 1.82) is 0 Å². The van der Waals surface area contributed by atoms with Crippen LogP contribution in [0, 0.1) is 0 Å². The van der Waals surface area contributed by atoms with Crippen LogP contribution < -0.4 is 5.01 Å². The van der Waals surface area contributed by atoms with Gasteiger partial charge >= 0.3 is 0 Å². The van der Waals surface area contributed by atoms with Gasteiger partial charge in [0.15, 0.2) is 0 Å². The van der Waals surface area contributed by atoms with E-state index in [-0.39, 0.29) is 36.1 Å². The lowest BCUT2D eigenvalue weighted by molar-refractivity contribution is -0.114. The van der Waals surface area contributed by atoms with Crippen molar-refractivity contribution in [1.82, 2.24) is 14.1 Å². The van der Waals surface area contributed by atoms with Crippen molar-refractivity contribution in [3.05, 3.63) is 102 Å². The topological polar surface area (TPSA) is 97.1 Å². The van der Waals surface area contributed by atoms with Gasteiger partial charge in [-0.15, -0.1) is 0 Å². The number of benzene rings is 3. The van der Waals surface area contributed by atoms with Gasteiger partial charge in [-0.1, -0.05) is 48.5 Å². The minimum Gasteiger partial charge on any atom is -0.373 e. The van der Waals surface area contributed by atoms with E-state index in [0.29, 0.717) is 33.8 Å². The maximum atomic E-state index is 13.7. The zero-order valence-corrected chi connectivity index (χ0v) is 24.4. The van der Waals surface area contributed by atoms with Crippen LogP contribution in [0.3, 0.4) is 0 Å². The number of para-hydroxylation sites is 2. The lowest BCUT2D eigenvalue weighted by Crippen LogP contribution is -2.48. The van der Waals surface area contributed by atoms with E-state index in [9.17, 15) is 13.2 Å². The molecule has 3 heterocycles. The van der Waals surface area contributed by atoms with E-state index in [1.807, 2.05) is 86.8 Å². The Hall–Kier alpha value is -4.38. The second kappa shape index (κ2) is 11.1. The van der Waals surface area contributed by atoms with Gasteiger partial charge in [0.2, 0.25) is 10.0 Å². The van der Waals surface area contributed by atoms with Gasteiger partial charge in [-0.25, -0.2) is 13.1 Å². The summed E-state index contributed by atoms with van der Waals surface area (Å²) < 4.78 is 36.3. The molecule has 214 valence electrons. The fraction of sp³-hybridized carbons (Fsp3) is 0.219. The molecule has 1 fully saturated rings. The number of hydrogen-bond donors (Lipinski definition) is 0. The number of carbonyl (C=O) groups is 1. The maximum absolute atomic E-state index is 13.7. The lowest BCUT2D eigenvalue weighted by Gasteiger charge is -2.34. The first kappa shape index (κ1) is 27.8. The van der Waals surface area contributed by atoms with Gasteiger partial charge in [0.1, 0.15) is 5.69 Å². The molecule has 0 aliphatic carbocycles. The molecule has 2 unspecified atom stereocenters. The number of amides is 1. The summed E-state index contributed by atoms with van der Waals surface area (Å²) in [5.74, 6) is -0.246. The number of carbonyl (C=O) groups excluding carboxylic acids is 1. The maximum Gasteiger partial charge on any atom is 0.280 e. The quantitative estimate of drug-likeness (QED) is 0.294. The van der Waals surface area contributed by atoms with Gasteiger partial charge < -0.3 is 4.74 Å². The molecule has 9 nitrogen and oxygen atoms in total. The molecule has 0 saturated carbocycles. The third kappa shape index (κ3) is 5.32. The number of hydrogen-bond acceptors (Lipinski definition) is 6. The third-order valence-corrected chi connectivity index (χ3v) is 9.09. The number of rotatable bonds is 6. The van der Waals surface area contributed by atoms with Crippen LogP contribution in [-0.2, 0) is 19.6 Å². The number of ether oxygens (including phenoxy) is 1. The van der Waals surface area contributed by atoms with Gasteiger partial charge in [0, 0.05) is 30.4 Å². The number of sulfonamides is 1. The highest BCUT2D eigenvalue weighted by atomic mass is 32.2. The number of nitrogens with zero attached hydrogens (tertiary/aromatic N) is 5. The van der Waals surface area contributed by atoms with Crippen molar-refractivity contribution < 1.29 is 17.9 Å². The average molecular weight is 582 g/mol. The van der Waals surface area contributed by atoms with Crippen LogP contribution in [0.2, 0.25) is 0 Å². The number of morpholine rings is 1. The summed E-state index contributed by atoms with van der Waals surface area (Å²) in [5, 5.41) is 10.8. The second-order valence-electron chi connectivity index (χ2n) is 10.5. The van der Waals surface area contributed by atoms with E-state index in [0.717, 1.165) is 5.69 Å². The van der Waals surface area contributed by atoms with Crippen molar-refractivity contribution in [3.8, 4) is 16.9 Å². The SMILES string of the molecule is CC1=NN(c2ccccc2)C(=O)C1=Cc1cn(-c2ccccc2)nc1-c1cccc(S(=O)(=O)N2CC(C)OC(C)C2)c1. The van der Waals surface area contributed by atoms with Gasteiger partial charge in [0.05, 0.1) is 39.8 Å². The first-order chi connectivity index (χ1) is 20.2. The number of hydrazone groups is 1. The van der Waals surface area contributed by atoms with E-state index in [4.69, 9.17) is 9.84 Å². The summed E-state index contributed by atoms with van der Waals surface area (Å²) in [7, 11) is -3.77. The predicted molar refractivity (Wildman–Crippen MR) is 163 cm³/mol. The number of aromatic nitrogens is 2. The highest BCUT2D eigenvalue weighted by Gasteiger charge is 2.33. The molecule has 0 spiro atoms. The smallest absolute Gasteiger partial charge is 0.280 e. The van der Waals surface area contributed by atoms with Crippen molar-refractivity contribution in [2.24, 2.45) is 5.10 Å². The van der Waals surface area contributed by atoms with Crippen LogP contribution >= 0.6 is 0 Å². The zero-order chi connectivity index (χ0) is 29.4. The third-order valence-electron chi connectivity index (χ3n) is 7.26. The summed E-state index contributed by atoms with van der Waals surface area (Å²) in [6.45, 7) is 6.12. The lowest BCUT2D eigenvalue weighted by atomic mass is 10.0. The summed E-state index contributed by atoms with van der Waals surface area (Å²) in [5.41, 5.74) is 4.35. The van der Waals surface area contributed by atoms with Crippen molar-refractivity contribution >= 4 is 33.4 Å². The molecule has 2 atom stereocenters. The van der Waals surface area contributed by atoms with E-state index in [2.05, 4.69) is 5.10 Å². The molecule has 1 aromatic heterocycles. The van der Waals surface area contributed by atoms with E-state index in [1.54, 1.807) is 35.9 Å². The molecule has 10 heteroatoms. The van der Waals surface area contributed by atoms with E-state index >= 15 is 0 Å². The van der Waals surface area contributed by atoms with Gasteiger partial charge in [-0.05, 0) is 63.2 Å². The molecule has 0 bridgehead atoms. The minimum atomic E-state index is -3.77. The Balaban J connectivity index is 1.42. The molecule has 4 aromatic rings. The fourth-order valence-electron chi connectivity index (χ4n) is 5.29. The van der Waals surface area contributed by atoms with Crippen LogP contribution in [0.5, 0.6) is 0 Å². The van der Waals surface area contributed by atoms with Crippen LogP contribution in [0.15, 0.2) is 107 Å². The summed E-state index contributed by atoms with van der Waals surface area (Å²) >= 11 is 0. The summed E-state index contributed by atoms with van der Waals surface area (Å²) in [6, 6.07) is 25.7. The molecule has 2 aliphatic rings. The molecule has 0 radical (unpaired) electrons. The van der Waals surface area contributed by atoms with Crippen molar-refractivity contribution in [2.45, 2.75) is 37.9 Å². The Labute approximate surface area is 245 Å². The molecule has 2 aliphatic heterocycles. The zero-order valence-electron chi connectivity index (χ0n) is 23.6. The monoisotopic (exact) mass is 581 g/mol. The van der Waals surface area contributed by atoms with Crippen LogP contribution in [-0.4, -0.2) is 59.4 Å². The molecule has 1 amide bonds. The Morgan fingerprint density at radius 1 is 0.881 bits per heavy atom. The molecule has 1 saturated heterocycles. The first-order valence-electron chi connectivity index (χ1n) is 13.8. The molecule has 6 rings (SSSR count). The van der Waals surface area contributed by atoms with Crippen LogP contribution in [0.25, 0.3) is 23.0 Å². The molecular formula is C32H31N5O4S. The largest absolute Gasteiger partial charge is 0.373 e. The Morgan fingerprint density at radius 3 is 2.19 bits per heavy atom. The Kier molecular flexibility index (Phi) is 7.36. The number of anilines is 1. The Morgan fingerprint density at radius 2 is 1.52 bits per heavy atom. The molecule has 0 N–H and O–H groups in total. The van der Waals surface area contributed by atoms with Crippen molar-refractivity contribution in [2.75, 3.05) is 18.1 Å². The highest BCUT2D eigenvalue weighted by Crippen LogP contribution is 2.31. The highest BCUT2D eigenvalue weighted by molar-refractivity contribution is 7.89. The van der Waals surface area contributed by atoms with E-state index in [1.165, 1.54) is 9.31 Å². The molecule has 3 aromatic carbocycles. The van der Waals surface area contributed by atoms with Crippen LogP contribution in [0.1, 0.15) is 26.3 Å². The van der Waals surface area contributed by atoms with Gasteiger partial charge in [0.25, 0.3) is 5.91 Å². The van der Waals surface area contributed by atoms with E-state index < -0.39 is 10.0 Å². The molecular weight excluding hydrogens is 550 g/mol. The fourth-order valence-corrected chi connectivity index (χ4v) is 6.93. The first-order valence-corrected chi connectivity index (χ1v) is 15.2. The predicted octanol–water partition coefficient (Wildman–Crippen LogP) is 5.14. The van der Waals surface area contributed by atoms with Gasteiger partial charge in [-0.3, -0.25) is 4.79 Å².